The molecular formula is C30H41N3O6. The molecular weight excluding hydrogens is 498 g/mol. The Morgan fingerprint density at radius 1 is 0.846 bits per heavy atom. The molecule has 3 atom stereocenters. The maximum Gasteiger partial charge on any atom is 0.243 e. The van der Waals surface area contributed by atoms with E-state index in [-0.39, 0.29) is 31.1 Å². The van der Waals surface area contributed by atoms with Crippen LogP contribution in [-0.4, -0.2) is 52.8 Å². The van der Waals surface area contributed by atoms with Gasteiger partial charge in [-0.2, -0.15) is 0 Å². The van der Waals surface area contributed by atoms with Crippen molar-refractivity contribution in [3.63, 3.8) is 0 Å². The van der Waals surface area contributed by atoms with Gasteiger partial charge in [0.15, 0.2) is 6.29 Å². The summed E-state index contributed by atoms with van der Waals surface area (Å²) >= 11 is 0. The second-order valence-electron chi connectivity index (χ2n) is 10.5. The van der Waals surface area contributed by atoms with Gasteiger partial charge in [-0.1, -0.05) is 55.0 Å². The predicted octanol–water partition coefficient (Wildman–Crippen LogP) is 3.89. The lowest BCUT2D eigenvalue weighted by Crippen LogP contribution is -2.41. The molecule has 2 saturated heterocycles. The molecule has 0 saturated carbocycles. The third-order valence-electron chi connectivity index (χ3n) is 7.45. The van der Waals surface area contributed by atoms with Crippen LogP contribution in [0.3, 0.4) is 0 Å². The van der Waals surface area contributed by atoms with E-state index in [9.17, 15) is 14.7 Å². The fourth-order valence-corrected chi connectivity index (χ4v) is 5.17. The van der Waals surface area contributed by atoms with Gasteiger partial charge in [0.1, 0.15) is 0 Å². The van der Waals surface area contributed by atoms with Gasteiger partial charge >= 0.3 is 0 Å². The van der Waals surface area contributed by atoms with Crippen LogP contribution in [0.2, 0.25) is 0 Å². The lowest BCUT2D eigenvalue weighted by atomic mass is 9.99. The number of hydroxylamine groups is 1. The summed E-state index contributed by atoms with van der Waals surface area (Å²) in [4.78, 5) is 25.7. The van der Waals surface area contributed by atoms with E-state index < -0.39 is 12.2 Å². The van der Waals surface area contributed by atoms with Gasteiger partial charge < -0.3 is 24.8 Å². The zero-order chi connectivity index (χ0) is 27.5. The standard InChI is InChI=1S/C30H41N3O6/c34-21-23-10-12-24(13-11-23)27-18-26(20-33-16-4-1-5-17-33)38-30(39-27)25-14-8-22(9-15-25)19-31-28(35)6-2-3-7-29(36)32-37/h8-15,26-27,30,34,37H,1-7,16-21H2,(H,31,35)(H,32,36)/t26-,27+,30+/m0/s1. The van der Waals surface area contributed by atoms with Crippen molar-refractivity contribution in [2.45, 2.75) is 83.0 Å². The summed E-state index contributed by atoms with van der Waals surface area (Å²) in [6, 6.07) is 15.9. The maximum atomic E-state index is 12.1. The Balaban J connectivity index is 1.34. The Hall–Kier alpha value is -2.82. The normalized spacial score (nSPS) is 21.8. The molecule has 2 heterocycles. The molecule has 0 unspecified atom stereocenters. The van der Waals surface area contributed by atoms with Crippen molar-refractivity contribution in [1.82, 2.24) is 15.7 Å². The molecule has 2 aromatic carbocycles. The summed E-state index contributed by atoms with van der Waals surface area (Å²) in [5, 5.41) is 20.8. The third kappa shape index (κ3) is 9.12. The molecule has 2 aliphatic rings. The minimum atomic E-state index is -0.490. The van der Waals surface area contributed by atoms with Crippen LogP contribution < -0.4 is 10.8 Å². The molecule has 9 nitrogen and oxygen atoms in total. The van der Waals surface area contributed by atoms with Gasteiger partial charge in [0, 0.05) is 37.9 Å². The summed E-state index contributed by atoms with van der Waals surface area (Å²) in [7, 11) is 0. The van der Waals surface area contributed by atoms with Crippen LogP contribution in [-0.2, 0) is 32.2 Å². The molecule has 2 amide bonds. The fourth-order valence-electron chi connectivity index (χ4n) is 5.17. The highest BCUT2D eigenvalue weighted by Crippen LogP contribution is 2.38. The number of piperidine rings is 1. The molecule has 0 spiro atoms. The predicted molar refractivity (Wildman–Crippen MR) is 145 cm³/mol. The highest BCUT2D eigenvalue weighted by molar-refractivity contribution is 5.76. The van der Waals surface area contributed by atoms with E-state index in [2.05, 4.69) is 10.2 Å². The topological polar surface area (TPSA) is 120 Å². The highest BCUT2D eigenvalue weighted by atomic mass is 16.7. The van der Waals surface area contributed by atoms with Crippen molar-refractivity contribution in [3.05, 3.63) is 70.8 Å². The molecule has 4 rings (SSSR count). The Labute approximate surface area is 230 Å². The van der Waals surface area contributed by atoms with Crippen LogP contribution in [0.15, 0.2) is 48.5 Å². The molecule has 212 valence electrons. The van der Waals surface area contributed by atoms with E-state index in [0.717, 1.165) is 48.3 Å². The Morgan fingerprint density at radius 3 is 2.15 bits per heavy atom. The van der Waals surface area contributed by atoms with Gasteiger partial charge in [0.2, 0.25) is 11.8 Å². The molecule has 0 bridgehead atoms. The first-order valence-corrected chi connectivity index (χ1v) is 14.1. The highest BCUT2D eigenvalue weighted by Gasteiger charge is 2.33. The molecule has 2 aromatic rings. The van der Waals surface area contributed by atoms with Crippen LogP contribution >= 0.6 is 0 Å². The van der Waals surface area contributed by atoms with Gasteiger partial charge in [-0.05, 0) is 55.5 Å². The smallest absolute Gasteiger partial charge is 0.243 e. The molecule has 0 radical (unpaired) electrons. The molecule has 4 N–H and O–H groups in total. The molecule has 2 fully saturated rings. The van der Waals surface area contributed by atoms with Crippen LogP contribution in [0, 0.1) is 0 Å². The second kappa shape index (κ2) is 15.1. The summed E-state index contributed by atoms with van der Waals surface area (Å²) in [5.41, 5.74) is 5.47. The zero-order valence-corrected chi connectivity index (χ0v) is 22.5. The number of unbranched alkanes of at least 4 members (excludes halogenated alkanes) is 1. The van der Waals surface area contributed by atoms with Crippen molar-refractivity contribution in [1.29, 1.82) is 0 Å². The fraction of sp³-hybridized carbons (Fsp3) is 0.533. The van der Waals surface area contributed by atoms with E-state index in [4.69, 9.17) is 14.7 Å². The van der Waals surface area contributed by atoms with Crippen LogP contribution in [0.5, 0.6) is 0 Å². The number of aliphatic hydroxyl groups is 1. The summed E-state index contributed by atoms with van der Waals surface area (Å²) in [6.45, 7) is 3.55. The number of rotatable bonds is 12. The van der Waals surface area contributed by atoms with Crippen molar-refractivity contribution in [2.24, 2.45) is 0 Å². The molecule has 2 aliphatic heterocycles. The number of carbonyl (C=O) groups is 2. The molecule has 0 aliphatic carbocycles. The van der Waals surface area contributed by atoms with Crippen molar-refractivity contribution >= 4 is 11.8 Å². The zero-order valence-electron chi connectivity index (χ0n) is 22.5. The summed E-state index contributed by atoms with van der Waals surface area (Å²) in [6.07, 6.45) is 5.65. The molecule has 0 aromatic heterocycles. The molecule has 9 heteroatoms. The quantitative estimate of drug-likeness (QED) is 0.183. The Kier molecular flexibility index (Phi) is 11.3. The number of nitrogens with one attached hydrogen (secondary N) is 2. The van der Waals surface area contributed by atoms with E-state index in [1.807, 2.05) is 48.5 Å². The van der Waals surface area contributed by atoms with Crippen LogP contribution in [0.1, 0.15) is 86.0 Å². The minimum absolute atomic E-state index is 0.0191. The number of likely N-dealkylation sites (tertiary alicyclic amines) is 1. The largest absolute Gasteiger partial charge is 0.392 e. The maximum absolute atomic E-state index is 12.1. The van der Waals surface area contributed by atoms with Gasteiger partial charge in [-0.15, -0.1) is 0 Å². The number of amides is 2. The number of nitrogens with zero attached hydrogens (tertiary/aromatic N) is 1. The Bertz CT molecular complexity index is 1040. The number of ether oxygens (including phenoxy) is 2. The van der Waals surface area contributed by atoms with E-state index >= 15 is 0 Å². The van der Waals surface area contributed by atoms with Gasteiger partial charge in [-0.25, -0.2) is 5.48 Å². The number of carbonyl (C=O) groups excluding carboxylic acids is 2. The SMILES string of the molecule is O=C(CCCCC(=O)NCc1ccc([C@@H]2O[C@H](CN3CCCCC3)C[C@H](c3ccc(CO)cc3)O2)cc1)NO. The van der Waals surface area contributed by atoms with Crippen LogP contribution in [0.25, 0.3) is 0 Å². The average Bonchev–Trinajstić information content (AvgIpc) is 2.98. The summed E-state index contributed by atoms with van der Waals surface area (Å²) < 4.78 is 12.9. The van der Waals surface area contributed by atoms with Gasteiger partial charge in [0.25, 0.3) is 0 Å². The van der Waals surface area contributed by atoms with Crippen molar-refractivity contribution < 1.29 is 29.4 Å². The first-order valence-electron chi connectivity index (χ1n) is 14.1. The van der Waals surface area contributed by atoms with Crippen LogP contribution in [0.4, 0.5) is 0 Å². The van der Waals surface area contributed by atoms with Crippen molar-refractivity contribution in [2.75, 3.05) is 19.6 Å². The first kappa shape index (κ1) is 29.2. The van der Waals surface area contributed by atoms with Crippen molar-refractivity contribution in [3.8, 4) is 0 Å². The monoisotopic (exact) mass is 539 g/mol. The number of hydrogen-bond donors (Lipinski definition) is 4. The number of hydrogen-bond acceptors (Lipinski definition) is 7. The Morgan fingerprint density at radius 2 is 1.49 bits per heavy atom. The average molecular weight is 540 g/mol. The minimum Gasteiger partial charge on any atom is -0.392 e. The van der Waals surface area contributed by atoms with E-state index in [0.29, 0.717) is 25.8 Å². The van der Waals surface area contributed by atoms with E-state index in [1.165, 1.54) is 19.3 Å². The third-order valence-corrected chi connectivity index (χ3v) is 7.45. The lowest BCUT2D eigenvalue weighted by Gasteiger charge is -2.39. The van der Waals surface area contributed by atoms with Gasteiger partial charge in [-0.3, -0.25) is 14.8 Å². The van der Waals surface area contributed by atoms with E-state index in [1.54, 1.807) is 5.48 Å². The van der Waals surface area contributed by atoms with Gasteiger partial charge in [0.05, 0.1) is 18.8 Å². The summed E-state index contributed by atoms with van der Waals surface area (Å²) in [5.74, 6) is -0.511. The number of aliphatic hydroxyl groups excluding tert-OH is 1. The second-order valence-corrected chi connectivity index (χ2v) is 10.5. The first-order chi connectivity index (χ1) is 19.0. The number of benzene rings is 2. The lowest BCUT2D eigenvalue weighted by molar-refractivity contribution is -0.253. The molecule has 39 heavy (non-hydrogen) atoms.